The molecule has 0 aliphatic rings. The Bertz CT molecular complexity index is 669. The molecule has 0 unspecified atom stereocenters. The van der Waals surface area contributed by atoms with Gasteiger partial charge in [0.2, 0.25) is 10.0 Å². The molecule has 0 aliphatic carbocycles. The molecule has 0 spiro atoms. The van der Waals surface area contributed by atoms with E-state index in [2.05, 4.69) is 15.6 Å². The Morgan fingerprint density at radius 1 is 1.25 bits per heavy atom. The number of aromatic nitrogens is 3. The third-order valence-electron chi connectivity index (χ3n) is 2.49. The molecule has 9 heteroatoms. The number of hydrogen-bond acceptors (Lipinski definition) is 5. The standard InChI is InChI=1S/C11H13N5O3S/c1-15(7-11(17)14-16-8-12-13-9-16)20(18,19)10-5-3-2-4-6-10/h2-6,8-9H,7H2,1H3,(H,14,17). The summed E-state index contributed by atoms with van der Waals surface area (Å²) in [5.41, 5.74) is 2.42. The van der Waals surface area contributed by atoms with E-state index in [-0.39, 0.29) is 11.4 Å². The summed E-state index contributed by atoms with van der Waals surface area (Å²) in [7, 11) is -2.34. The van der Waals surface area contributed by atoms with Crippen molar-refractivity contribution in [3.8, 4) is 0 Å². The minimum atomic E-state index is -3.68. The average molecular weight is 295 g/mol. The summed E-state index contributed by atoms with van der Waals surface area (Å²) < 4.78 is 26.6. The van der Waals surface area contributed by atoms with Crippen LogP contribution in [0.3, 0.4) is 0 Å². The number of nitrogens with one attached hydrogen (secondary N) is 1. The van der Waals surface area contributed by atoms with Crippen LogP contribution in [0, 0.1) is 0 Å². The molecule has 1 N–H and O–H groups in total. The summed E-state index contributed by atoms with van der Waals surface area (Å²) in [6.45, 7) is -0.310. The summed E-state index contributed by atoms with van der Waals surface area (Å²) in [4.78, 5) is 11.8. The average Bonchev–Trinajstić information content (AvgIpc) is 2.92. The van der Waals surface area contributed by atoms with Gasteiger partial charge in [-0.1, -0.05) is 18.2 Å². The molecule has 20 heavy (non-hydrogen) atoms. The van der Waals surface area contributed by atoms with E-state index >= 15 is 0 Å². The Labute approximate surface area is 116 Å². The van der Waals surface area contributed by atoms with Crippen molar-refractivity contribution in [1.82, 2.24) is 19.2 Å². The summed E-state index contributed by atoms with van der Waals surface area (Å²) in [5, 5.41) is 7.03. The van der Waals surface area contributed by atoms with Crippen LogP contribution in [0.1, 0.15) is 0 Å². The molecule has 1 heterocycles. The van der Waals surface area contributed by atoms with Crippen LogP contribution in [0.5, 0.6) is 0 Å². The second-order valence-electron chi connectivity index (χ2n) is 3.98. The lowest BCUT2D eigenvalue weighted by molar-refractivity contribution is -0.117. The molecule has 0 radical (unpaired) electrons. The van der Waals surface area contributed by atoms with Gasteiger partial charge in [0.1, 0.15) is 12.7 Å². The highest BCUT2D eigenvalue weighted by Gasteiger charge is 2.22. The first-order valence-corrected chi connectivity index (χ1v) is 7.10. The van der Waals surface area contributed by atoms with Crippen molar-refractivity contribution in [2.24, 2.45) is 0 Å². The molecule has 0 aliphatic heterocycles. The minimum Gasteiger partial charge on any atom is -0.272 e. The Balaban J connectivity index is 2.04. The fourth-order valence-electron chi connectivity index (χ4n) is 1.50. The number of nitrogens with zero attached hydrogens (tertiary/aromatic N) is 4. The van der Waals surface area contributed by atoms with Crippen LogP contribution in [-0.2, 0) is 14.8 Å². The van der Waals surface area contributed by atoms with Gasteiger partial charge >= 0.3 is 0 Å². The smallest absolute Gasteiger partial charge is 0.254 e. The molecule has 0 saturated heterocycles. The molecule has 1 aromatic heterocycles. The van der Waals surface area contributed by atoms with Gasteiger partial charge in [-0.2, -0.15) is 4.31 Å². The molecular formula is C11H13N5O3S. The SMILES string of the molecule is CN(CC(=O)Nn1cnnc1)S(=O)(=O)c1ccccc1. The Morgan fingerprint density at radius 3 is 2.45 bits per heavy atom. The molecule has 0 bridgehead atoms. The Hall–Kier alpha value is -2.26. The number of amides is 1. The van der Waals surface area contributed by atoms with Crippen LogP contribution < -0.4 is 5.43 Å². The quantitative estimate of drug-likeness (QED) is 0.814. The normalized spacial score (nSPS) is 11.5. The van der Waals surface area contributed by atoms with E-state index in [1.165, 1.54) is 36.5 Å². The lowest BCUT2D eigenvalue weighted by atomic mass is 10.4. The van der Waals surface area contributed by atoms with Gasteiger partial charge in [-0.3, -0.25) is 10.2 Å². The van der Waals surface area contributed by atoms with Gasteiger partial charge in [0.05, 0.1) is 11.4 Å². The Kier molecular flexibility index (Phi) is 4.11. The van der Waals surface area contributed by atoms with Gasteiger partial charge in [-0.05, 0) is 12.1 Å². The zero-order valence-corrected chi connectivity index (χ0v) is 11.5. The van der Waals surface area contributed by atoms with Crippen molar-refractivity contribution in [2.45, 2.75) is 4.90 Å². The molecule has 8 nitrogen and oxygen atoms in total. The summed E-state index contributed by atoms with van der Waals surface area (Å²) in [6.07, 6.45) is 2.59. The summed E-state index contributed by atoms with van der Waals surface area (Å²) in [5.74, 6) is -0.494. The molecular weight excluding hydrogens is 282 g/mol. The predicted molar refractivity (Wildman–Crippen MR) is 70.6 cm³/mol. The maximum Gasteiger partial charge on any atom is 0.254 e. The molecule has 106 valence electrons. The van der Waals surface area contributed by atoms with E-state index in [9.17, 15) is 13.2 Å². The number of carbonyl (C=O) groups is 1. The number of hydrogen-bond donors (Lipinski definition) is 1. The molecule has 2 aromatic rings. The first-order valence-electron chi connectivity index (χ1n) is 5.66. The number of benzene rings is 1. The van der Waals surface area contributed by atoms with E-state index in [0.29, 0.717) is 0 Å². The number of sulfonamides is 1. The Morgan fingerprint density at radius 2 is 1.85 bits per heavy atom. The monoisotopic (exact) mass is 295 g/mol. The van der Waals surface area contributed by atoms with Crippen molar-refractivity contribution >= 4 is 15.9 Å². The number of rotatable bonds is 5. The minimum absolute atomic E-state index is 0.139. The van der Waals surface area contributed by atoms with Crippen molar-refractivity contribution in [3.05, 3.63) is 43.0 Å². The van der Waals surface area contributed by atoms with Crippen molar-refractivity contribution < 1.29 is 13.2 Å². The van der Waals surface area contributed by atoms with Gasteiger partial charge in [-0.15, -0.1) is 10.2 Å². The van der Waals surface area contributed by atoms with Gasteiger partial charge in [0, 0.05) is 7.05 Å². The summed E-state index contributed by atoms with van der Waals surface area (Å²) in [6, 6.07) is 7.92. The van der Waals surface area contributed by atoms with Crippen molar-refractivity contribution in [2.75, 3.05) is 19.0 Å². The van der Waals surface area contributed by atoms with Crippen LogP contribution in [0.15, 0.2) is 47.9 Å². The highest BCUT2D eigenvalue weighted by atomic mass is 32.2. The maximum atomic E-state index is 12.2. The maximum absolute atomic E-state index is 12.2. The van der Waals surface area contributed by atoms with Crippen LogP contribution in [0.2, 0.25) is 0 Å². The van der Waals surface area contributed by atoms with Crippen molar-refractivity contribution in [1.29, 1.82) is 0 Å². The van der Waals surface area contributed by atoms with Crippen LogP contribution in [0.4, 0.5) is 0 Å². The molecule has 2 rings (SSSR count). The third kappa shape index (κ3) is 3.19. The number of carbonyl (C=O) groups excluding carboxylic acids is 1. The van der Waals surface area contributed by atoms with Gasteiger partial charge in [0.25, 0.3) is 5.91 Å². The molecule has 0 atom stereocenters. The second-order valence-corrected chi connectivity index (χ2v) is 6.02. The highest BCUT2D eigenvalue weighted by Crippen LogP contribution is 2.12. The van der Waals surface area contributed by atoms with Crippen LogP contribution >= 0.6 is 0 Å². The van der Waals surface area contributed by atoms with E-state index in [4.69, 9.17) is 0 Å². The number of likely N-dealkylation sites (N-methyl/N-ethyl adjacent to an activating group) is 1. The third-order valence-corrected chi connectivity index (χ3v) is 4.31. The zero-order chi connectivity index (χ0) is 14.6. The van der Waals surface area contributed by atoms with Crippen LogP contribution in [0.25, 0.3) is 0 Å². The largest absolute Gasteiger partial charge is 0.272 e. The lowest BCUT2D eigenvalue weighted by Crippen LogP contribution is -2.37. The van der Waals surface area contributed by atoms with Crippen LogP contribution in [-0.4, -0.2) is 47.1 Å². The zero-order valence-electron chi connectivity index (χ0n) is 10.7. The van der Waals surface area contributed by atoms with E-state index < -0.39 is 15.9 Å². The lowest BCUT2D eigenvalue weighted by Gasteiger charge is -2.16. The molecule has 1 aromatic carbocycles. The molecule has 1 amide bonds. The van der Waals surface area contributed by atoms with E-state index in [0.717, 1.165) is 4.31 Å². The predicted octanol–water partition coefficient (Wildman–Crippen LogP) is -0.331. The molecule has 0 fully saturated rings. The first-order chi connectivity index (χ1) is 9.50. The fourth-order valence-corrected chi connectivity index (χ4v) is 2.65. The van der Waals surface area contributed by atoms with Gasteiger partial charge in [0.15, 0.2) is 0 Å². The van der Waals surface area contributed by atoms with Crippen molar-refractivity contribution in [3.63, 3.8) is 0 Å². The fraction of sp³-hybridized carbons (Fsp3) is 0.182. The summed E-state index contributed by atoms with van der Waals surface area (Å²) >= 11 is 0. The van der Waals surface area contributed by atoms with E-state index in [1.807, 2.05) is 0 Å². The molecule has 0 saturated carbocycles. The van der Waals surface area contributed by atoms with E-state index in [1.54, 1.807) is 18.2 Å². The van der Waals surface area contributed by atoms with Gasteiger partial charge < -0.3 is 0 Å². The topological polar surface area (TPSA) is 97.2 Å². The first kappa shape index (κ1) is 14.2. The highest BCUT2D eigenvalue weighted by molar-refractivity contribution is 7.89. The second kappa shape index (κ2) is 5.80. The van der Waals surface area contributed by atoms with Gasteiger partial charge in [-0.25, -0.2) is 13.1 Å².